The van der Waals surface area contributed by atoms with Crippen molar-refractivity contribution in [3.8, 4) is 0 Å². The normalized spacial score (nSPS) is 21.2. The minimum Gasteiger partial charge on any atom is -0.354 e. The molecule has 3 rings (SSSR count). The first-order valence-electron chi connectivity index (χ1n) is 9.54. The average Bonchev–Trinajstić information content (AvgIpc) is 3.09. The minimum absolute atomic E-state index is 0.0438. The van der Waals surface area contributed by atoms with Gasteiger partial charge in [-0.3, -0.25) is 18.9 Å². The molecule has 7 heteroatoms. The van der Waals surface area contributed by atoms with Gasteiger partial charge in [0.05, 0.1) is 0 Å². The van der Waals surface area contributed by atoms with Crippen LogP contribution >= 0.6 is 0 Å². The molecule has 0 aliphatic carbocycles. The molecule has 142 valence electrons. The second-order valence-electron chi connectivity index (χ2n) is 7.34. The van der Waals surface area contributed by atoms with E-state index < -0.39 is 0 Å². The summed E-state index contributed by atoms with van der Waals surface area (Å²) in [5.41, 5.74) is 0.296. The van der Waals surface area contributed by atoms with Crippen LogP contribution in [0.3, 0.4) is 0 Å². The van der Waals surface area contributed by atoms with Crippen molar-refractivity contribution >= 4 is 11.4 Å². The predicted octanol–water partition coefficient (Wildman–Crippen LogP) is 1.57. The lowest BCUT2D eigenvalue weighted by molar-refractivity contribution is -0.121. The molecule has 1 fully saturated rings. The van der Waals surface area contributed by atoms with Crippen LogP contribution in [0.2, 0.25) is 0 Å². The lowest BCUT2D eigenvalue weighted by atomic mass is 9.97. The number of rotatable bonds is 6. The second-order valence-corrected chi connectivity index (χ2v) is 7.34. The van der Waals surface area contributed by atoms with Crippen LogP contribution in [0.15, 0.2) is 23.1 Å². The third-order valence-corrected chi connectivity index (χ3v) is 5.40. The average molecular weight is 359 g/mol. The number of amides is 1. The molecule has 0 unspecified atom stereocenters. The number of carbonyl (C=O) groups excluding carboxylic acids is 1. The zero-order valence-electron chi connectivity index (χ0n) is 15.9. The molecule has 1 aliphatic rings. The Bertz CT molecular complexity index is 815. The number of hydrogen-bond donors (Lipinski definition) is 1. The number of likely N-dealkylation sites (tertiary alicyclic amines) is 1. The molecule has 1 N–H and O–H groups in total. The maximum absolute atomic E-state index is 12.4. The quantitative estimate of drug-likeness (QED) is 0.795. The summed E-state index contributed by atoms with van der Waals surface area (Å²) < 4.78 is 2.98. The molecular weight excluding hydrogens is 330 g/mol. The number of hydrogen-bond acceptors (Lipinski definition) is 4. The standard InChI is InChI=1S/C19H29N5O2/c1-14-7-4-8-15(2)22(14)12-6-10-20-18(25)13-24-19(26)17-9-5-11-23(17)16(3)21-24/h5,9,11,14-15H,4,6-8,10,12-13H2,1-3H3,(H,20,25)/t14-,15-/m0/s1. The Hall–Kier alpha value is -2.15. The molecule has 0 spiro atoms. The van der Waals surface area contributed by atoms with Crippen LogP contribution < -0.4 is 10.9 Å². The molecule has 1 saturated heterocycles. The first-order chi connectivity index (χ1) is 12.5. The number of aryl methyl sites for hydroxylation is 1. The van der Waals surface area contributed by atoms with Gasteiger partial charge in [0.2, 0.25) is 5.91 Å². The van der Waals surface area contributed by atoms with Crippen LogP contribution in [0.1, 0.15) is 45.4 Å². The highest BCUT2D eigenvalue weighted by Gasteiger charge is 2.23. The number of piperidine rings is 1. The highest BCUT2D eigenvalue weighted by Crippen LogP contribution is 2.22. The maximum atomic E-state index is 12.4. The Morgan fingerprint density at radius 3 is 2.77 bits per heavy atom. The summed E-state index contributed by atoms with van der Waals surface area (Å²) in [5.74, 6) is 0.514. The minimum atomic E-state index is -0.244. The highest BCUT2D eigenvalue weighted by molar-refractivity contribution is 5.75. The molecule has 2 aromatic rings. The summed E-state index contributed by atoms with van der Waals surface area (Å²) in [6, 6.07) is 4.79. The smallest absolute Gasteiger partial charge is 0.291 e. The van der Waals surface area contributed by atoms with Crippen molar-refractivity contribution in [1.82, 2.24) is 24.4 Å². The number of carbonyl (C=O) groups is 1. The Balaban J connectivity index is 1.50. The van der Waals surface area contributed by atoms with Crippen molar-refractivity contribution in [2.45, 2.75) is 65.1 Å². The summed E-state index contributed by atoms with van der Waals surface area (Å²) in [5, 5.41) is 7.15. The van der Waals surface area contributed by atoms with Crippen LogP contribution in [0.25, 0.3) is 5.52 Å². The van der Waals surface area contributed by atoms with Crippen LogP contribution in [0.5, 0.6) is 0 Å². The summed E-state index contributed by atoms with van der Waals surface area (Å²) in [4.78, 5) is 27.1. The fourth-order valence-corrected chi connectivity index (χ4v) is 3.94. The Kier molecular flexibility index (Phi) is 5.76. The predicted molar refractivity (Wildman–Crippen MR) is 101 cm³/mol. The lowest BCUT2D eigenvalue weighted by Gasteiger charge is -2.39. The fraction of sp³-hybridized carbons (Fsp3) is 0.632. The molecule has 0 radical (unpaired) electrons. The van der Waals surface area contributed by atoms with Gasteiger partial charge in [0, 0.05) is 31.4 Å². The first-order valence-corrected chi connectivity index (χ1v) is 9.54. The third kappa shape index (κ3) is 3.98. The van der Waals surface area contributed by atoms with Gasteiger partial charge in [-0.2, -0.15) is 5.10 Å². The largest absolute Gasteiger partial charge is 0.354 e. The molecule has 2 atom stereocenters. The Labute approximate surface area is 154 Å². The van der Waals surface area contributed by atoms with Crippen LogP contribution in [0.4, 0.5) is 0 Å². The van der Waals surface area contributed by atoms with E-state index in [1.165, 1.54) is 23.9 Å². The summed E-state index contributed by atoms with van der Waals surface area (Å²) in [6.07, 6.45) is 6.54. The number of aromatic nitrogens is 3. The lowest BCUT2D eigenvalue weighted by Crippen LogP contribution is -2.45. The van der Waals surface area contributed by atoms with Gasteiger partial charge in [0.25, 0.3) is 5.56 Å². The van der Waals surface area contributed by atoms with E-state index >= 15 is 0 Å². The molecule has 3 heterocycles. The van der Waals surface area contributed by atoms with Crippen molar-refractivity contribution < 1.29 is 4.79 Å². The zero-order valence-corrected chi connectivity index (χ0v) is 15.9. The van der Waals surface area contributed by atoms with E-state index in [0.29, 0.717) is 30.0 Å². The molecule has 0 aromatic carbocycles. The number of nitrogens with one attached hydrogen (secondary N) is 1. The van der Waals surface area contributed by atoms with Gasteiger partial charge >= 0.3 is 0 Å². The molecule has 0 saturated carbocycles. The Morgan fingerprint density at radius 2 is 2.04 bits per heavy atom. The van der Waals surface area contributed by atoms with Crippen LogP contribution in [-0.2, 0) is 11.3 Å². The topological polar surface area (TPSA) is 71.6 Å². The van der Waals surface area contributed by atoms with Gasteiger partial charge in [-0.05, 0) is 52.2 Å². The van der Waals surface area contributed by atoms with Gasteiger partial charge in [0.1, 0.15) is 17.9 Å². The van der Waals surface area contributed by atoms with E-state index in [1.54, 1.807) is 22.7 Å². The molecular formula is C19H29N5O2. The van der Waals surface area contributed by atoms with Crippen LogP contribution in [0, 0.1) is 6.92 Å². The van der Waals surface area contributed by atoms with Gasteiger partial charge in [-0.1, -0.05) is 6.42 Å². The fourth-order valence-electron chi connectivity index (χ4n) is 3.94. The van der Waals surface area contributed by atoms with E-state index in [0.717, 1.165) is 13.0 Å². The SMILES string of the molecule is Cc1nn(CC(=O)NCCCN2[C@@H](C)CCC[C@@H]2C)c(=O)c2cccn12. The van der Waals surface area contributed by atoms with Crippen molar-refractivity contribution in [1.29, 1.82) is 0 Å². The van der Waals surface area contributed by atoms with E-state index in [4.69, 9.17) is 0 Å². The van der Waals surface area contributed by atoms with Gasteiger partial charge in [-0.15, -0.1) is 0 Å². The zero-order chi connectivity index (χ0) is 18.7. The molecule has 1 amide bonds. The summed E-state index contributed by atoms with van der Waals surface area (Å²) in [6.45, 7) is 7.96. The molecule has 7 nitrogen and oxygen atoms in total. The van der Waals surface area contributed by atoms with E-state index in [9.17, 15) is 9.59 Å². The van der Waals surface area contributed by atoms with Crippen LogP contribution in [-0.4, -0.2) is 50.2 Å². The molecule has 2 aromatic heterocycles. The van der Waals surface area contributed by atoms with Gasteiger partial charge in [0.15, 0.2) is 0 Å². The molecule has 26 heavy (non-hydrogen) atoms. The summed E-state index contributed by atoms with van der Waals surface area (Å²) in [7, 11) is 0. The van der Waals surface area contributed by atoms with Crippen molar-refractivity contribution in [2.75, 3.05) is 13.1 Å². The van der Waals surface area contributed by atoms with Crippen molar-refractivity contribution in [2.24, 2.45) is 0 Å². The third-order valence-electron chi connectivity index (χ3n) is 5.40. The van der Waals surface area contributed by atoms with E-state index in [-0.39, 0.29) is 18.0 Å². The summed E-state index contributed by atoms with van der Waals surface area (Å²) >= 11 is 0. The van der Waals surface area contributed by atoms with Crippen molar-refractivity contribution in [3.05, 3.63) is 34.5 Å². The van der Waals surface area contributed by atoms with Gasteiger partial charge < -0.3 is 5.32 Å². The van der Waals surface area contributed by atoms with E-state index in [1.807, 2.05) is 6.92 Å². The Morgan fingerprint density at radius 1 is 1.31 bits per heavy atom. The monoisotopic (exact) mass is 359 g/mol. The maximum Gasteiger partial charge on any atom is 0.291 e. The highest BCUT2D eigenvalue weighted by atomic mass is 16.2. The molecule has 1 aliphatic heterocycles. The van der Waals surface area contributed by atoms with E-state index in [2.05, 4.69) is 29.2 Å². The number of fused-ring (bicyclic) bond motifs is 1. The number of nitrogens with zero attached hydrogens (tertiary/aromatic N) is 4. The molecule has 0 bridgehead atoms. The van der Waals surface area contributed by atoms with Gasteiger partial charge in [-0.25, -0.2) is 4.68 Å². The van der Waals surface area contributed by atoms with Crippen molar-refractivity contribution in [3.63, 3.8) is 0 Å². The first kappa shape index (κ1) is 18.6. The second kappa shape index (κ2) is 8.03.